The van der Waals surface area contributed by atoms with E-state index >= 15 is 0 Å². The van der Waals surface area contributed by atoms with Gasteiger partial charge in [0.1, 0.15) is 5.69 Å². The van der Waals surface area contributed by atoms with Gasteiger partial charge in [-0.05, 0) is 38.8 Å². The van der Waals surface area contributed by atoms with Crippen molar-refractivity contribution in [3.8, 4) is 0 Å². The zero-order valence-corrected chi connectivity index (χ0v) is 16.1. The molecule has 1 aliphatic heterocycles. The van der Waals surface area contributed by atoms with Crippen LogP contribution in [0, 0.1) is 6.92 Å². The van der Waals surface area contributed by atoms with Gasteiger partial charge in [-0.3, -0.25) is 14.4 Å². The number of nitrogens with one attached hydrogen (secondary N) is 1. The molecule has 0 bridgehead atoms. The third-order valence-electron chi connectivity index (χ3n) is 4.76. The van der Waals surface area contributed by atoms with Crippen LogP contribution < -0.4 is 5.32 Å². The van der Waals surface area contributed by atoms with Gasteiger partial charge < -0.3 is 19.9 Å². The van der Waals surface area contributed by atoms with Crippen molar-refractivity contribution in [3.63, 3.8) is 0 Å². The molecule has 2 fully saturated rings. The van der Waals surface area contributed by atoms with Crippen LogP contribution in [-0.2, 0) is 14.3 Å². The fourth-order valence-electron chi connectivity index (χ4n) is 3.00. The van der Waals surface area contributed by atoms with E-state index in [2.05, 4.69) is 10.3 Å². The van der Waals surface area contributed by atoms with Gasteiger partial charge in [0.25, 0.3) is 5.91 Å². The molecule has 1 aliphatic carbocycles. The van der Waals surface area contributed by atoms with Gasteiger partial charge in [0.05, 0.1) is 17.9 Å². The summed E-state index contributed by atoms with van der Waals surface area (Å²) in [5.41, 5.74) is 0.988. The van der Waals surface area contributed by atoms with Gasteiger partial charge in [-0.15, -0.1) is 0 Å². The fraction of sp³-hybridized carbons (Fsp3) is 0.526. The van der Waals surface area contributed by atoms with Gasteiger partial charge in [-0.25, -0.2) is 9.78 Å². The maximum atomic E-state index is 12.7. The van der Waals surface area contributed by atoms with E-state index in [1.165, 1.54) is 17.0 Å². The first-order chi connectivity index (χ1) is 13.4. The number of aryl methyl sites for hydroxylation is 1. The second kappa shape index (κ2) is 8.37. The average molecular weight is 388 g/mol. The number of rotatable bonds is 4. The van der Waals surface area contributed by atoms with Crippen LogP contribution in [0.25, 0.3) is 0 Å². The zero-order valence-electron chi connectivity index (χ0n) is 16.1. The predicted octanol–water partition coefficient (Wildman–Crippen LogP) is 0.130. The maximum Gasteiger partial charge on any atom is 0.339 e. The normalized spacial score (nSPS) is 16.5. The molecule has 0 unspecified atom stereocenters. The Kier molecular flexibility index (Phi) is 5.91. The van der Waals surface area contributed by atoms with E-state index in [0.717, 1.165) is 12.8 Å². The number of hydrogen-bond acceptors (Lipinski definition) is 6. The summed E-state index contributed by atoms with van der Waals surface area (Å²) in [5.74, 6) is -1.86. The van der Waals surface area contributed by atoms with Crippen LogP contribution in [-0.4, -0.2) is 77.3 Å². The minimum Gasteiger partial charge on any atom is -0.462 e. The molecular formula is C19H24N4O5. The molecule has 0 aromatic carbocycles. The number of pyridine rings is 1. The number of amides is 3. The van der Waals surface area contributed by atoms with E-state index in [-0.39, 0.29) is 24.2 Å². The van der Waals surface area contributed by atoms with Crippen molar-refractivity contribution < 1.29 is 23.9 Å². The molecule has 1 N–H and O–H groups in total. The predicted molar refractivity (Wildman–Crippen MR) is 98.6 cm³/mol. The molecule has 1 aromatic heterocycles. The summed E-state index contributed by atoms with van der Waals surface area (Å²) < 4.78 is 4.96. The van der Waals surface area contributed by atoms with Crippen LogP contribution >= 0.6 is 0 Å². The topological polar surface area (TPSA) is 109 Å². The molecular weight excluding hydrogens is 364 g/mol. The molecule has 1 aromatic rings. The number of piperazine rings is 1. The molecule has 28 heavy (non-hydrogen) atoms. The molecule has 150 valence electrons. The second-order valence-corrected chi connectivity index (χ2v) is 6.88. The van der Waals surface area contributed by atoms with Crippen molar-refractivity contribution in [2.45, 2.75) is 32.7 Å². The van der Waals surface area contributed by atoms with E-state index in [1.54, 1.807) is 18.7 Å². The van der Waals surface area contributed by atoms with Crippen molar-refractivity contribution in [1.29, 1.82) is 0 Å². The molecule has 0 radical (unpaired) electrons. The summed E-state index contributed by atoms with van der Waals surface area (Å²) in [6, 6.07) is 3.17. The van der Waals surface area contributed by atoms with Gasteiger partial charge in [0.15, 0.2) is 0 Å². The van der Waals surface area contributed by atoms with Crippen molar-refractivity contribution in [1.82, 2.24) is 20.1 Å². The second-order valence-electron chi connectivity index (χ2n) is 6.88. The number of ether oxygens (including phenoxy) is 1. The molecule has 2 aliphatic rings. The monoisotopic (exact) mass is 388 g/mol. The van der Waals surface area contributed by atoms with Gasteiger partial charge in [-0.2, -0.15) is 0 Å². The molecule has 0 atom stereocenters. The number of nitrogens with zero attached hydrogens (tertiary/aromatic N) is 3. The zero-order chi connectivity index (χ0) is 20.3. The fourth-order valence-corrected chi connectivity index (χ4v) is 3.00. The Morgan fingerprint density at radius 1 is 1.11 bits per heavy atom. The summed E-state index contributed by atoms with van der Waals surface area (Å²) >= 11 is 0. The first-order valence-corrected chi connectivity index (χ1v) is 9.44. The molecule has 9 heteroatoms. The number of aromatic nitrogens is 1. The molecule has 0 spiro atoms. The third kappa shape index (κ3) is 4.47. The average Bonchev–Trinajstić information content (AvgIpc) is 3.51. The standard InChI is InChI=1S/C19H24N4O5/c1-3-28-19(27)14-6-7-15(20-12(14)2)17(25)22-8-10-23(11-9-22)18(26)16(24)21-13-4-5-13/h6-7,13H,3-5,8-11H2,1-2H3,(H,21,24). The summed E-state index contributed by atoms with van der Waals surface area (Å²) in [5, 5.41) is 2.68. The van der Waals surface area contributed by atoms with Gasteiger partial charge in [0.2, 0.25) is 0 Å². The van der Waals surface area contributed by atoms with Crippen LogP contribution in [0.2, 0.25) is 0 Å². The van der Waals surface area contributed by atoms with Crippen molar-refractivity contribution in [2.75, 3.05) is 32.8 Å². The Balaban J connectivity index is 1.57. The Labute approximate surface area is 163 Å². The molecule has 3 rings (SSSR count). The highest BCUT2D eigenvalue weighted by Crippen LogP contribution is 2.18. The van der Waals surface area contributed by atoms with E-state index < -0.39 is 17.8 Å². The van der Waals surface area contributed by atoms with E-state index in [4.69, 9.17) is 4.74 Å². The summed E-state index contributed by atoms with van der Waals surface area (Å²) in [7, 11) is 0. The van der Waals surface area contributed by atoms with Gasteiger partial charge in [0, 0.05) is 32.2 Å². The first kappa shape index (κ1) is 19.8. The lowest BCUT2D eigenvalue weighted by atomic mass is 10.1. The third-order valence-corrected chi connectivity index (χ3v) is 4.76. The van der Waals surface area contributed by atoms with Crippen molar-refractivity contribution in [2.24, 2.45) is 0 Å². The highest BCUT2D eigenvalue weighted by atomic mass is 16.5. The Morgan fingerprint density at radius 3 is 2.32 bits per heavy atom. The van der Waals surface area contributed by atoms with Crippen LogP contribution in [0.3, 0.4) is 0 Å². The van der Waals surface area contributed by atoms with Crippen molar-refractivity contribution in [3.05, 3.63) is 29.1 Å². The van der Waals surface area contributed by atoms with Crippen LogP contribution in [0.1, 0.15) is 46.3 Å². The minimum absolute atomic E-state index is 0.131. The molecule has 1 saturated carbocycles. The lowest BCUT2D eigenvalue weighted by Gasteiger charge is -2.34. The lowest BCUT2D eigenvalue weighted by molar-refractivity contribution is -0.146. The molecule has 2 heterocycles. The maximum absolute atomic E-state index is 12.7. The lowest BCUT2D eigenvalue weighted by Crippen LogP contribution is -2.54. The highest BCUT2D eigenvalue weighted by Gasteiger charge is 2.32. The van der Waals surface area contributed by atoms with Gasteiger partial charge in [-0.1, -0.05) is 0 Å². The quantitative estimate of drug-likeness (QED) is 0.580. The van der Waals surface area contributed by atoms with E-state index in [9.17, 15) is 19.2 Å². The van der Waals surface area contributed by atoms with E-state index in [0.29, 0.717) is 37.4 Å². The summed E-state index contributed by atoms with van der Waals surface area (Å²) in [4.78, 5) is 55.9. The summed E-state index contributed by atoms with van der Waals surface area (Å²) in [6.45, 7) is 4.87. The number of carbonyl (C=O) groups is 4. The molecule has 9 nitrogen and oxygen atoms in total. The van der Waals surface area contributed by atoms with Crippen LogP contribution in [0.5, 0.6) is 0 Å². The smallest absolute Gasteiger partial charge is 0.339 e. The number of esters is 1. The number of hydrogen-bond donors (Lipinski definition) is 1. The van der Waals surface area contributed by atoms with E-state index in [1.807, 2.05) is 0 Å². The minimum atomic E-state index is -0.575. The molecule has 1 saturated heterocycles. The Bertz CT molecular complexity index is 798. The van der Waals surface area contributed by atoms with Crippen LogP contribution in [0.15, 0.2) is 12.1 Å². The highest BCUT2D eigenvalue weighted by molar-refractivity contribution is 6.35. The Hall–Kier alpha value is -2.97. The number of carbonyl (C=O) groups excluding carboxylic acids is 4. The Morgan fingerprint density at radius 2 is 1.75 bits per heavy atom. The largest absolute Gasteiger partial charge is 0.462 e. The van der Waals surface area contributed by atoms with Crippen molar-refractivity contribution >= 4 is 23.7 Å². The van der Waals surface area contributed by atoms with Gasteiger partial charge >= 0.3 is 17.8 Å². The van der Waals surface area contributed by atoms with Crippen LogP contribution in [0.4, 0.5) is 0 Å². The molecule has 3 amide bonds. The summed E-state index contributed by atoms with van der Waals surface area (Å²) in [6.07, 6.45) is 1.84. The SMILES string of the molecule is CCOC(=O)c1ccc(C(=O)N2CCN(C(=O)C(=O)NC3CC3)CC2)nc1C. The first-order valence-electron chi connectivity index (χ1n) is 9.44.